The van der Waals surface area contributed by atoms with Gasteiger partial charge in [0.2, 0.25) is 11.7 Å². The van der Waals surface area contributed by atoms with E-state index < -0.39 is 0 Å². The molecule has 1 N–H and O–H groups in total. The molecule has 0 spiro atoms. The van der Waals surface area contributed by atoms with Gasteiger partial charge < -0.3 is 9.84 Å². The first-order valence-corrected chi connectivity index (χ1v) is 9.11. The van der Waals surface area contributed by atoms with Crippen molar-refractivity contribution < 1.29 is 4.52 Å². The Kier molecular flexibility index (Phi) is 4.84. The monoisotopic (exact) mass is 375 g/mol. The van der Waals surface area contributed by atoms with Gasteiger partial charge >= 0.3 is 0 Å². The highest BCUT2D eigenvalue weighted by Crippen LogP contribution is 2.21. The maximum atomic E-state index is 5.38. The molecule has 0 saturated heterocycles. The second-order valence-corrected chi connectivity index (χ2v) is 6.90. The summed E-state index contributed by atoms with van der Waals surface area (Å²) in [6.07, 6.45) is 1.57. The quantitative estimate of drug-likeness (QED) is 0.548. The minimum atomic E-state index is 0.445. The molecule has 2 heterocycles. The third-order valence-electron chi connectivity index (χ3n) is 4.54. The van der Waals surface area contributed by atoms with Crippen LogP contribution in [0.1, 0.15) is 36.8 Å². The second-order valence-electron chi connectivity index (χ2n) is 6.90. The number of hydrogen-bond acceptors (Lipinski definition) is 7. The first-order chi connectivity index (χ1) is 13.6. The summed E-state index contributed by atoms with van der Waals surface area (Å²) in [5, 5.41) is 18.6. The molecule has 0 aliphatic carbocycles. The van der Waals surface area contributed by atoms with Crippen molar-refractivity contribution in [1.82, 2.24) is 30.3 Å². The molecule has 0 unspecified atom stereocenters. The topological polar surface area (TPSA) is 94.6 Å². The van der Waals surface area contributed by atoms with Crippen molar-refractivity contribution in [2.75, 3.05) is 5.32 Å². The van der Waals surface area contributed by atoms with Crippen LogP contribution in [0.15, 0.2) is 53.3 Å². The number of hydrogen-bond donors (Lipinski definition) is 1. The van der Waals surface area contributed by atoms with Crippen LogP contribution in [0.25, 0.3) is 17.1 Å². The van der Waals surface area contributed by atoms with Crippen molar-refractivity contribution in [1.29, 1.82) is 0 Å². The molecule has 28 heavy (non-hydrogen) atoms. The average molecular weight is 375 g/mol. The lowest BCUT2D eigenvalue weighted by Crippen LogP contribution is -2.02. The van der Waals surface area contributed by atoms with Crippen molar-refractivity contribution in [2.24, 2.45) is 0 Å². The maximum Gasteiger partial charge on any atom is 0.246 e. The average Bonchev–Trinajstić information content (AvgIpc) is 3.39. The van der Waals surface area contributed by atoms with E-state index in [1.165, 1.54) is 5.56 Å². The molecule has 8 heteroatoms. The molecule has 2 aromatic heterocycles. The minimum absolute atomic E-state index is 0.445. The molecule has 0 atom stereocenters. The van der Waals surface area contributed by atoms with E-state index in [4.69, 9.17) is 4.52 Å². The molecule has 4 aromatic rings. The molecule has 0 fully saturated rings. The van der Waals surface area contributed by atoms with E-state index in [2.05, 4.69) is 57.0 Å². The van der Waals surface area contributed by atoms with Crippen molar-refractivity contribution in [3.05, 3.63) is 65.8 Å². The predicted octanol–water partition coefficient (Wildman–Crippen LogP) is 3.76. The van der Waals surface area contributed by atoms with Crippen LogP contribution in [0.3, 0.4) is 0 Å². The van der Waals surface area contributed by atoms with E-state index in [-0.39, 0.29) is 0 Å². The van der Waals surface area contributed by atoms with E-state index in [0.29, 0.717) is 24.2 Å². The van der Waals surface area contributed by atoms with Crippen LogP contribution in [0.2, 0.25) is 0 Å². The number of rotatable bonds is 6. The van der Waals surface area contributed by atoms with Gasteiger partial charge in [-0.1, -0.05) is 43.3 Å². The molecule has 4 rings (SSSR count). The molecule has 142 valence electrons. The molecule has 8 nitrogen and oxygen atoms in total. The van der Waals surface area contributed by atoms with Gasteiger partial charge in [-0.25, -0.2) is 4.68 Å². The zero-order chi connectivity index (χ0) is 19.5. The van der Waals surface area contributed by atoms with Crippen LogP contribution in [0.5, 0.6) is 0 Å². The van der Waals surface area contributed by atoms with Crippen LogP contribution in [0.4, 0.5) is 5.69 Å². The Balaban J connectivity index is 1.42. The Labute approximate surface area is 162 Å². The number of aryl methyl sites for hydroxylation is 1. The number of aromatic nitrogens is 6. The van der Waals surface area contributed by atoms with Gasteiger partial charge in [-0.05, 0) is 52.6 Å². The van der Waals surface area contributed by atoms with Gasteiger partial charge in [-0.2, -0.15) is 4.98 Å². The van der Waals surface area contributed by atoms with E-state index in [1.54, 1.807) is 11.0 Å². The molecule has 0 aliphatic heterocycles. The Morgan fingerprint density at radius 1 is 1.11 bits per heavy atom. The Hall–Kier alpha value is -3.55. The molecule has 2 aromatic carbocycles. The van der Waals surface area contributed by atoms with Crippen LogP contribution in [-0.2, 0) is 6.54 Å². The van der Waals surface area contributed by atoms with Crippen LogP contribution < -0.4 is 5.32 Å². The molecule has 0 amide bonds. The van der Waals surface area contributed by atoms with Crippen LogP contribution in [-0.4, -0.2) is 30.3 Å². The third kappa shape index (κ3) is 3.75. The Bertz CT molecular complexity index is 1050. The first kappa shape index (κ1) is 17.8. The largest absolute Gasteiger partial charge is 0.376 e. The Morgan fingerprint density at radius 3 is 2.61 bits per heavy atom. The summed E-state index contributed by atoms with van der Waals surface area (Å²) in [6.45, 7) is 6.79. The lowest BCUT2D eigenvalue weighted by atomic mass is 10.0. The third-order valence-corrected chi connectivity index (χ3v) is 4.54. The second kappa shape index (κ2) is 7.59. The number of tetrazole rings is 1. The summed E-state index contributed by atoms with van der Waals surface area (Å²) in [7, 11) is 0. The van der Waals surface area contributed by atoms with Gasteiger partial charge in [0, 0.05) is 11.3 Å². The standard InChI is InChI=1S/C20H21N7O/c1-13(2)15-4-6-16(7-5-15)20-23-19(28-24-20)11-21-17-8-9-18(14(3)10-17)27-12-22-25-26-27/h4-10,12-13,21H,11H2,1-3H3. The van der Waals surface area contributed by atoms with E-state index in [0.717, 1.165) is 22.5 Å². The van der Waals surface area contributed by atoms with Crippen molar-refractivity contribution in [2.45, 2.75) is 33.2 Å². The van der Waals surface area contributed by atoms with Gasteiger partial charge in [0.25, 0.3) is 0 Å². The highest BCUT2D eigenvalue weighted by atomic mass is 16.5. The van der Waals surface area contributed by atoms with Crippen molar-refractivity contribution in [3.63, 3.8) is 0 Å². The first-order valence-electron chi connectivity index (χ1n) is 9.11. The minimum Gasteiger partial charge on any atom is -0.376 e. The van der Waals surface area contributed by atoms with Gasteiger partial charge in [0.05, 0.1) is 12.2 Å². The Morgan fingerprint density at radius 2 is 1.93 bits per heavy atom. The number of nitrogens with one attached hydrogen (secondary N) is 1. The highest BCUT2D eigenvalue weighted by Gasteiger charge is 2.10. The molecule has 0 saturated carbocycles. The molecular weight excluding hydrogens is 354 g/mol. The summed E-state index contributed by atoms with van der Waals surface area (Å²) in [4.78, 5) is 4.48. The lowest BCUT2D eigenvalue weighted by Gasteiger charge is -2.08. The smallest absolute Gasteiger partial charge is 0.246 e. The summed E-state index contributed by atoms with van der Waals surface area (Å²) in [5.74, 6) is 1.62. The van der Waals surface area contributed by atoms with E-state index in [9.17, 15) is 0 Å². The fraction of sp³-hybridized carbons (Fsp3) is 0.250. The molecule has 0 aliphatic rings. The molecule has 0 bridgehead atoms. The number of benzene rings is 2. The predicted molar refractivity (Wildman–Crippen MR) is 105 cm³/mol. The fourth-order valence-electron chi connectivity index (χ4n) is 2.93. The fourth-order valence-corrected chi connectivity index (χ4v) is 2.93. The lowest BCUT2D eigenvalue weighted by molar-refractivity contribution is 0.384. The normalized spacial score (nSPS) is 11.1. The number of anilines is 1. The zero-order valence-electron chi connectivity index (χ0n) is 16.0. The van der Waals surface area contributed by atoms with Gasteiger partial charge in [-0.15, -0.1) is 5.10 Å². The van der Waals surface area contributed by atoms with Gasteiger partial charge in [0.1, 0.15) is 6.33 Å². The summed E-state index contributed by atoms with van der Waals surface area (Å²) < 4.78 is 7.01. The van der Waals surface area contributed by atoms with E-state index in [1.807, 2.05) is 37.3 Å². The van der Waals surface area contributed by atoms with Gasteiger partial charge in [-0.3, -0.25) is 0 Å². The van der Waals surface area contributed by atoms with Gasteiger partial charge in [0.15, 0.2) is 0 Å². The maximum absolute atomic E-state index is 5.38. The highest BCUT2D eigenvalue weighted by molar-refractivity contribution is 5.55. The van der Waals surface area contributed by atoms with Crippen molar-refractivity contribution >= 4 is 5.69 Å². The van der Waals surface area contributed by atoms with Crippen molar-refractivity contribution in [3.8, 4) is 17.1 Å². The van der Waals surface area contributed by atoms with Crippen LogP contribution in [0, 0.1) is 6.92 Å². The molecule has 0 radical (unpaired) electrons. The molecular formula is C20H21N7O. The summed E-state index contributed by atoms with van der Waals surface area (Å²) in [6, 6.07) is 14.2. The number of nitrogens with zero attached hydrogens (tertiary/aromatic N) is 6. The summed E-state index contributed by atoms with van der Waals surface area (Å²) in [5.41, 5.74) is 5.17. The zero-order valence-corrected chi connectivity index (χ0v) is 16.0. The van der Waals surface area contributed by atoms with E-state index >= 15 is 0 Å². The SMILES string of the molecule is Cc1cc(NCc2nc(-c3ccc(C(C)C)cc3)no2)ccc1-n1cnnn1. The summed E-state index contributed by atoms with van der Waals surface area (Å²) >= 11 is 0. The van der Waals surface area contributed by atoms with Crippen LogP contribution >= 0.6 is 0 Å².